The molecule has 2 fully saturated rings. The molecule has 1 saturated heterocycles. The van der Waals surface area contributed by atoms with Crippen LogP contribution in [-0.2, 0) is 30.7 Å². The lowest BCUT2D eigenvalue weighted by Crippen LogP contribution is -2.44. The molecule has 0 N–H and O–H groups in total. The minimum Gasteiger partial charge on any atom is -0.383 e. The van der Waals surface area contributed by atoms with E-state index in [1.165, 1.54) is 80.3 Å². The Morgan fingerprint density at radius 2 is 1.70 bits per heavy atom. The summed E-state index contributed by atoms with van der Waals surface area (Å²) in [6.45, 7) is 8.23. The number of likely N-dealkylation sites (tertiary alicyclic amines) is 1. The number of aryl methyl sites for hydroxylation is 2. The second-order valence-electron chi connectivity index (χ2n) is 9.91. The van der Waals surface area contributed by atoms with E-state index in [2.05, 4.69) is 57.4 Å². The van der Waals surface area contributed by atoms with Crippen LogP contribution in [0.25, 0.3) is 11.4 Å². The molecule has 1 aromatic carbocycles. The molecule has 5 heteroatoms. The van der Waals surface area contributed by atoms with Crippen LogP contribution in [-0.4, -0.2) is 40.8 Å². The molecule has 182 valence electrons. The van der Waals surface area contributed by atoms with Crippen LogP contribution in [0.4, 0.5) is 0 Å². The molecular formula is C28H42BrN3O. The Labute approximate surface area is 209 Å². The van der Waals surface area contributed by atoms with Crippen molar-refractivity contribution in [2.45, 2.75) is 97.2 Å². The van der Waals surface area contributed by atoms with Crippen molar-refractivity contribution in [2.75, 3.05) is 20.3 Å². The molecular weight excluding hydrogens is 474 g/mol. The predicted octanol–water partition coefficient (Wildman–Crippen LogP) is 7.02. The second-order valence-corrected chi connectivity index (χ2v) is 10.7. The Bertz CT molecular complexity index is 881. The number of piperidine rings is 1. The lowest BCUT2D eigenvalue weighted by molar-refractivity contribution is 0.0720. The largest absolute Gasteiger partial charge is 0.383 e. The third-order valence-electron chi connectivity index (χ3n) is 7.98. The van der Waals surface area contributed by atoms with Gasteiger partial charge in [0.2, 0.25) is 0 Å². The van der Waals surface area contributed by atoms with E-state index in [0.717, 1.165) is 48.3 Å². The molecule has 4 rings (SSSR count). The van der Waals surface area contributed by atoms with Crippen molar-refractivity contribution in [2.24, 2.45) is 5.92 Å². The third-order valence-corrected chi connectivity index (χ3v) is 8.61. The van der Waals surface area contributed by atoms with Gasteiger partial charge < -0.3 is 9.30 Å². The molecule has 0 radical (unpaired) electrons. The Morgan fingerprint density at radius 3 is 2.36 bits per heavy atom. The fourth-order valence-electron chi connectivity index (χ4n) is 6.21. The molecule has 2 aromatic rings. The molecule has 1 atom stereocenters. The van der Waals surface area contributed by atoms with Crippen LogP contribution in [0.2, 0.25) is 0 Å². The molecule has 1 aliphatic heterocycles. The van der Waals surface area contributed by atoms with Crippen LogP contribution in [0.5, 0.6) is 0 Å². The number of halogens is 1. The maximum Gasteiger partial charge on any atom is 0.142 e. The fraction of sp³-hybridized carbons (Fsp3) is 0.679. The number of rotatable bonds is 9. The maximum atomic E-state index is 5.54. The number of hydrogen-bond donors (Lipinski definition) is 0. The standard InChI is InChI=1S/C28H42BrN3O/c1-4-21-14-11-15-22(5-2)26(21)28-30-27(29)25(32(28)18-19-33-3)20-31-17-10-9-16-24(31)23-12-7-6-8-13-23/h11,14-15,23-24H,4-10,12-13,16-20H2,1-3H3. The van der Waals surface area contributed by atoms with Crippen LogP contribution in [0.15, 0.2) is 22.8 Å². The van der Waals surface area contributed by atoms with E-state index in [4.69, 9.17) is 9.72 Å². The SMILES string of the molecule is CCc1cccc(CC)c1-c1nc(Br)c(CN2CCCCC2C2CCCCC2)n1CCOC. The summed E-state index contributed by atoms with van der Waals surface area (Å²) >= 11 is 3.89. The van der Waals surface area contributed by atoms with Gasteiger partial charge in [-0.2, -0.15) is 0 Å². The minimum atomic E-state index is 0.699. The fourth-order valence-corrected chi connectivity index (χ4v) is 6.72. The zero-order valence-electron chi connectivity index (χ0n) is 20.9. The van der Waals surface area contributed by atoms with Crippen LogP contribution in [0.1, 0.15) is 82.0 Å². The van der Waals surface area contributed by atoms with Crippen LogP contribution < -0.4 is 0 Å². The average molecular weight is 517 g/mol. The number of benzene rings is 1. The van der Waals surface area contributed by atoms with E-state index in [1.807, 2.05) is 0 Å². The topological polar surface area (TPSA) is 30.3 Å². The van der Waals surface area contributed by atoms with Crippen molar-refractivity contribution in [3.05, 3.63) is 39.6 Å². The van der Waals surface area contributed by atoms with Gasteiger partial charge in [0.05, 0.1) is 12.3 Å². The van der Waals surface area contributed by atoms with Crippen molar-refractivity contribution < 1.29 is 4.74 Å². The predicted molar refractivity (Wildman–Crippen MR) is 141 cm³/mol. The zero-order chi connectivity index (χ0) is 23.2. The van der Waals surface area contributed by atoms with Crippen LogP contribution >= 0.6 is 15.9 Å². The summed E-state index contributed by atoms with van der Waals surface area (Å²) in [6.07, 6.45) is 13.2. The number of nitrogens with zero attached hydrogens (tertiary/aromatic N) is 3. The number of aromatic nitrogens is 2. The minimum absolute atomic E-state index is 0.699. The molecule has 0 spiro atoms. The second kappa shape index (κ2) is 12.0. The van der Waals surface area contributed by atoms with Crippen molar-refractivity contribution in [3.63, 3.8) is 0 Å². The van der Waals surface area contributed by atoms with Crippen molar-refractivity contribution in [3.8, 4) is 11.4 Å². The van der Waals surface area contributed by atoms with Gasteiger partial charge in [-0.15, -0.1) is 0 Å². The Kier molecular flexibility index (Phi) is 9.06. The van der Waals surface area contributed by atoms with Gasteiger partial charge >= 0.3 is 0 Å². The first kappa shape index (κ1) is 24.9. The number of hydrogen-bond acceptors (Lipinski definition) is 3. The van der Waals surface area contributed by atoms with Gasteiger partial charge in [0.15, 0.2) is 0 Å². The molecule has 1 unspecified atom stereocenters. The van der Waals surface area contributed by atoms with Crippen molar-refractivity contribution in [1.29, 1.82) is 0 Å². The summed E-state index contributed by atoms with van der Waals surface area (Å²) in [5.41, 5.74) is 5.41. The van der Waals surface area contributed by atoms with Gasteiger partial charge in [-0.1, -0.05) is 57.7 Å². The zero-order valence-corrected chi connectivity index (χ0v) is 22.5. The normalized spacial score (nSPS) is 20.4. The molecule has 1 aliphatic carbocycles. The van der Waals surface area contributed by atoms with E-state index in [-0.39, 0.29) is 0 Å². The Balaban J connectivity index is 1.71. The highest BCUT2D eigenvalue weighted by Gasteiger charge is 2.32. The third kappa shape index (κ3) is 5.57. The van der Waals surface area contributed by atoms with Gasteiger partial charge in [-0.05, 0) is 78.0 Å². The molecule has 1 saturated carbocycles. The average Bonchev–Trinajstić information content (AvgIpc) is 3.17. The maximum absolute atomic E-state index is 5.54. The highest BCUT2D eigenvalue weighted by molar-refractivity contribution is 9.10. The van der Waals surface area contributed by atoms with Crippen molar-refractivity contribution in [1.82, 2.24) is 14.5 Å². The van der Waals surface area contributed by atoms with Gasteiger partial charge in [-0.3, -0.25) is 4.90 Å². The lowest BCUT2D eigenvalue weighted by atomic mass is 9.80. The van der Waals surface area contributed by atoms with Gasteiger partial charge in [0.1, 0.15) is 10.4 Å². The highest BCUT2D eigenvalue weighted by atomic mass is 79.9. The first-order chi connectivity index (χ1) is 16.2. The summed E-state index contributed by atoms with van der Waals surface area (Å²) in [4.78, 5) is 7.94. The molecule has 4 nitrogen and oxygen atoms in total. The number of methoxy groups -OCH3 is 1. The first-order valence-corrected chi connectivity index (χ1v) is 14.1. The first-order valence-electron chi connectivity index (χ1n) is 13.3. The highest BCUT2D eigenvalue weighted by Crippen LogP contribution is 2.37. The summed E-state index contributed by atoms with van der Waals surface area (Å²) in [5, 5.41) is 0. The number of imidazole rings is 1. The molecule has 33 heavy (non-hydrogen) atoms. The summed E-state index contributed by atoms with van der Waals surface area (Å²) < 4.78 is 9.00. The Morgan fingerprint density at radius 1 is 1.00 bits per heavy atom. The molecule has 2 aliphatic rings. The van der Waals surface area contributed by atoms with Gasteiger partial charge in [0.25, 0.3) is 0 Å². The smallest absolute Gasteiger partial charge is 0.142 e. The van der Waals surface area contributed by atoms with Gasteiger partial charge in [0, 0.05) is 31.8 Å². The molecule has 0 bridgehead atoms. The van der Waals surface area contributed by atoms with E-state index in [0.29, 0.717) is 6.61 Å². The van der Waals surface area contributed by atoms with Crippen molar-refractivity contribution >= 4 is 15.9 Å². The van der Waals surface area contributed by atoms with E-state index >= 15 is 0 Å². The quantitative estimate of drug-likeness (QED) is 0.359. The molecule has 1 aromatic heterocycles. The summed E-state index contributed by atoms with van der Waals surface area (Å²) in [7, 11) is 1.80. The Hall–Kier alpha value is -1.17. The molecule has 2 heterocycles. The summed E-state index contributed by atoms with van der Waals surface area (Å²) in [5.74, 6) is 1.98. The summed E-state index contributed by atoms with van der Waals surface area (Å²) in [6, 6.07) is 7.46. The number of ether oxygens (including phenoxy) is 1. The monoisotopic (exact) mass is 515 g/mol. The lowest BCUT2D eigenvalue weighted by Gasteiger charge is -2.42. The van der Waals surface area contributed by atoms with E-state index in [9.17, 15) is 0 Å². The van der Waals surface area contributed by atoms with E-state index in [1.54, 1.807) is 7.11 Å². The molecule has 0 amide bonds. The van der Waals surface area contributed by atoms with Crippen LogP contribution in [0, 0.1) is 5.92 Å². The van der Waals surface area contributed by atoms with Crippen LogP contribution in [0.3, 0.4) is 0 Å². The van der Waals surface area contributed by atoms with E-state index < -0.39 is 0 Å². The van der Waals surface area contributed by atoms with Gasteiger partial charge in [-0.25, -0.2) is 4.98 Å².